The second kappa shape index (κ2) is 4.44. The summed E-state index contributed by atoms with van der Waals surface area (Å²) in [6.07, 6.45) is 5.92. The van der Waals surface area contributed by atoms with Crippen LogP contribution in [0.2, 0.25) is 0 Å². The van der Waals surface area contributed by atoms with Crippen LogP contribution in [-0.2, 0) is 25.9 Å². The van der Waals surface area contributed by atoms with Crippen molar-refractivity contribution in [2.45, 2.75) is 32.4 Å². The Hall–Kier alpha value is -1.06. The van der Waals surface area contributed by atoms with E-state index in [1.54, 1.807) is 10.4 Å². The molecule has 0 saturated carbocycles. The van der Waals surface area contributed by atoms with Gasteiger partial charge in [0.05, 0.1) is 0 Å². The van der Waals surface area contributed by atoms with Crippen molar-refractivity contribution >= 4 is 11.3 Å². The lowest BCUT2D eigenvalue weighted by Gasteiger charge is -2.00. The Bertz CT molecular complexity index is 435. The van der Waals surface area contributed by atoms with E-state index in [-0.39, 0.29) is 0 Å². The first-order chi connectivity index (χ1) is 7.92. The summed E-state index contributed by atoms with van der Waals surface area (Å²) >= 11 is 1.99. The third-order valence-corrected chi connectivity index (χ3v) is 4.31. The Kier molecular flexibility index (Phi) is 2.80. The zero-order valence-corrected chi connectivity index (χ0v) is 10.1. The van der Waals surface area contributed by atoms with E-state index in [4.69, 9.17) is 0 Å². The number of nitrogens with one attached hydrogen (secondary N) is 2. The first kappa shape index (κ1) is 10.1. The lowest BCUT2D eigenvalue weighted by Crippen LogP contribution is -2.11. The molecule has 2 aromatic rings. The number of thiophene rings is 1. The number of aryl methyl sites for hydroxylation is 2. The van der Waals surface area contributed by atoms with E-state index in [1.165, 1.54) is 29.8 Å². The number of hydrogen-bond donors (Lipinski definition) is 2. The van der Waals surface area contributed by atoms with Gasteiger partial charge in [-0.05, 0) is 43.0 Å². The Morgan fingerprint density at radius 2 is 2.31 bits per heavy atom. The third-order valence-electron chi connectivity index (χ3n) is 3.07. The molecule has 0 amide bonds. The molecule has 0 spiro atoms. The van der Waals surface area contributed by atoms with E-state index in [0.717, 1.165) is 13.1 Å². The molecule has 1 aliphatic carbocycles. The molecule has 1 aliphatic rings. The maximum absolute atomic E-state index is 3.47. The zero-order valence-electron chi connectivity index (χ0n) is 9.25. The minimum absolute atomic E-state index is 0.926. The summed E-state index contributed by atoms with van der Waals surface area (Å²) in [6, 6.07) is 6.53. The maximum Gasteiger partial charge on any atom is 0.0360 e. The van der Waals surface area contributed by atoms with Gasteiger partial charge in [-0.2, -0.15) is 0 Å². The van der Waals surface area contributed by atoms with E-state index < -0.39 is 0 Å². The summed E-state index contributed by atoms with van der Waals surface area (Å²) in [4.78, 5) is 6.31. The first-order valence-electron chi connectivity index (χ1n) is 5.85. The summed E-state index contributed by atoms with van der Waals surface area (Å²) in [5, 5.41) is 3.47. The predicted octanol–water partition coefficient (Wildman–Crippen LogP) is 2.85. The van der Waals surface area contributed by atoms with Crippen molar-refractivity contribution in [2.24, 2.45) is 0 Å². The van der Waals surface area contributed by atoms with Gasteiger partial charge in [0.25, 0.3) is 0 Å². The Morgan fingerprint density at radius 3 is 3.12 bits per heavy atom. The number of H-pyrrole nitrogens is 1. The molecule has 0 atom stereocenters. The Labute approximate surface area is 99.7 Å². The molecule has 2 nitrogen and oxygen atoms in total. The zero-order chi connectivity index (χ0) is 10.8. The number of aromatic amines is 1. The second-order valence-corrected chi connectivity index (χ2v) is 5.53. The predicted molar refractivity (Wildman–Crippen MR) is 67.7 cm³/mol. The first-order valence-corrected chi connectivity index (χ1v) is 6.67. The lowest BCUT2D eigenvalue weighted by molar-refractivity contribution is 0.689. The van der Waals surface area contributed by atoms with Crippen LogP contribution in [0.25, 0.3) is 0 Å². The van der Waals surface area contributed by atoms with Gasteiger partial charge in [-0.15, -0.1) is 11.3 Å². The fourth-order valence-electron chi connectivity index (χ4n) is 2.28. The van der Waals surface area contributed by atoms with Crippen molar-refractivity contribution in [3.8, 4) is 0 Å². The van der Waals surface area contributed by atoms with Gasteiger partial charge in [-0.25, -0.2) is 0 Å². The Morgan fingerprint density at radius 1 is 1.31 bits per heavy atom. The van der Waals surface area contributed by atoms with Gasteiger partial charge in [0.2, 0.25) is 0 Å². The van der Waals surface area contributed by atoms with Crippen LogP contribution in [0.4, 0.5) is 0 Å². The van der Waals surface area contributed by atoms with Gasteiger partial charge in [0.1, 0.15) is 0 Å². The van der Waals surface area contributed by atoms with Crippen molar-refractivity contribution in [1.29, 1.82) is 0 Å². The monoisotopic (exact) mass is 232 g/mol. The summed E-state index contributed by atoms with van der Waals surface area (Å²) in [7, 11) is 0. The lowest BCUT2D eigenvalue weighted by atomic mass is 10.2. The number of hydrogen-bond acceptors (Lipinski definition) is 2. The standard InChI is InChI=1S/C13H16N2S/c1-3-10-7-12(16-13(10)5-1)9-14-8-11-4-2-6-15-11/h2,4,6-7,14-15H,1,3,5,8-9H2. The van der Waals surface area contributed by atoms with Crippen molar-refractivity contribution in [2.75, 3.05) is 0 Å². The molecular formula is C13H16N2S. The molecule has 84 valence electrons. The van der Waals surface area contributed by atoms with Gasteiger partial charge >= 0.3 is 0 Å². The van der Waals surface area contributed by atoms with E-state index in [2.05, 4.69) is 22.4 Å². The number of aromatic nitrogens is 1. The highest BCUT2D eigenvalue weighted by Gasteiger charge is 2.14. The van der Waals surface area contributed by atoms with E-state index in [0.29, 0.717) is 0 Å². The molecule has 16 heavy (non-hydrogen) atoms. The third kappa shape index (κ3) is 2.06. The summed E-state index contributed by atoms with van der Waals surface area (Å²) < 4.78 is 0. The quantitative estimate of drug-likeness (QED) is 0.833. The van der Waals surface area contributed by atoms with Gasteiger partial charge in [0, 0.05) is 34.7 Å². The van der Waals surface area contributed by atoms with Crippen molar-refractivity contribution in [3.05, 3.63) is 45.4 Å². The van der Waals surface area contributed by atoms with Gasteiger partial charge in [-0.3, -0.25) is 0 Å². The van der Waals surface area contributed by atoms with Crippen molar-refractivity contribution in [1.82, 2.24) is 10.3 Å². The molecule has 2 heterocycles. The molecular weight excluding hydrogens is 216 g/mol. The summed E-state index contributed by atoms with van der Waals surface area (Å²) in [5.41, 5.74) is 2.85. The highest BCUT2D eigenvalue weighted by molar-refractivity contribution is 7.12. The van der Waals surface area contributed by atoms with Crippen LogP contribution in [0.3, 0.4) is 0 Å². The van der Waals surface area contributed by atoms with Crippen molar-refractivity contribution < 1.29 is 0 Å². The largest absolute Gasteiger partial charge is 0.364 e. The molecule has 2 N–H and O–H groups in total. The van der Waals surface area contributed by atoms with E-state index in [9.17, 15) is 0 Å². The molecule has 3 heteroatoms. The smallest absolute Gasteiger partial charge is 0.0360 e. The second-order valence-electron chi connectivity index (χ2n) is 4.31. The molecule has 0 saturated heterocycles. The van der Waals surface area contributed by atoms with Gasteiger partial charge < -0.3 is 10.3 Å². The Balaban J connectivity index is 1.54. The molecule has 0 unspecified atom stereocenters. The average molecular weight is 232 g/mol. The molecule has 0 aliphatic heterocycles. The molecule has 2 aromatic heterocycles. The van der Waals surface area contributed by atoms with Crippen LogP contribution in [0, 0.1) is 0 Å². The number of fused-ring (bicyclic) bond motifs is 1. The number of rotatable bonds is 4. The molecule has 0 aromatic carbocycles. The minimum Gasteiger partial charge on any atom is -0.364 e. The summed E-state index contributed by atoms with van der Waals surface area (Å²) in [6.45, 7) is 1.92. The van der Waals surface area contributed by atoms with Crippen LogP contribution < -0.4 is 5.32 Å². The van der Waals surface area contributed by atoms with Crippen molar-refractivity contribution in [3.63, 3.8) is 0 Å². The average Bonchev–Trinajstić information content (AvgIpc) is 2.91. The molecule has 0 radical (unpaired) electrons. The molecule has 0 bridgehead atoms. The van der Waals surface area contributed by atoms with Gasteiger partial charge in [0.15, 0.2) is 0 Å². The van der Waals surface area contributed by atoms with Gasteiger partial charge in [-0.1, -0.05) is 0 Å². The highest BCUT2D eigenvalue weighted by Crippen LogP contribution is 2.30. The van der Waals surface area contributed by atoms with Crippen LogP contribution in [0.5, 0.6) is 0 Å². The van der Waals surface area contributed by atoms with Crippen LogP contribution >= 0.6 is 11.3 Å². The topological polar surface area (TPSA) is 27.8 Å². The molecule has 0 fully saturated rings. The summed E-state index contributed by atoms with van der Waals surface area (Å²) in [5.74, 6) is 0. The van der Waals surface area contributed by atoms with E-state index >= 15 is 0 Å². The normalized spacial score (nSPS) is 14.2. The fourth-order valence-corrected chi connectivity index (χ4v) is 3.51. The fraction of sp³-hybridized carbons (Fsp3) is 0.385. The minimum atomic E-state index is 0.926. The maximum atomic E-state index is 3.47. The SMILES string of the molecule is c1c[nH]c(CNCc2cc3c(s2)CCC3)c1. The molecule has 3 rings (SSSR count). The van der Waals surface area contributed by atoms with E-state index in [1.807, 2.05) is 23.6 Å². The van der Waals surface area contributed by atoms with Crippen LogP contribution in [0.1, 0.15) is 27.4 Å². The highest BCUT2D eigenvalue weighted by atomic mass is 32.1. The van der Waals surface area contributed by atoms with Crippen LogP contribution in [-0.4, -0.2) is 4.98 Å². The van der Waals surface area contributed by atoms with Crippen LogP contribution in [0.15, 0.2) is 24.4 Å².